The van der Waals surface area contributed by atoms with E-state index in [9.17, 15) is 9.59 Å². The molecule has 0 bridgehead atoms. The average Bonchev–Trinajstić information content (AvgIpc) is 3.17. The minimum atomic E-state index is -2.67. The third kappa shape index (κ3) is 4.47. The van der Waals surface area contributed by atoms with Crippen LogP contribution in [0.3, 0.4) is 0 Å². The summed E-state index contributed by atoms with van der Waals surface area (Å²) in [5.74, 6) is 0.197. The molecule has 34 heavy (non-hydrogen) atoms. The van der Waals surface area contributed by atoms with E-state index in [-0.39, 0.29) is 22.6 Å². The molecule has 4 rings (SSSR count). The van der Waals surface area contributed by atoms with Crippen LogP contribution >= 0.6 is 0 Å². The molecule has 3 aromatic rings. The van der Waals surface area contributed by atoms with E-state index in [1.165, 1.54) is 14.9 Å². The summed E-state index contributed by atoms with van der Waals surface area (Å²) in [6, 6.07) is 21.1. The molecule has 0 unspecified atom stereocenters. The molecule has 6 nitrogen and oxygen atoms in total. The van der Waals surface area contributed by atoms with Crippen molar-refractivity contribution in [1.29, 1.82) is 0 Å². The second-order valence-corrected chi connectivity index (χ2v) is 14.6. The summed E-state index contributed by atoms with van der Waals surface area (Å²) in [5.41, 5.74) is -0.317. The van der Waals surface area contributed by atoms with Crippen molar-refractivity contribution in [3.8, 4) is 0 Å². The van der Waals surface area contributed by atoms with Gasteiger partial charge in [-0.25, -0.2) is 4.79 Å². The van der Waals surface area contributed by atoms with Crippen LogP contribution in [-0.2, 0) is 9.16 Å². The van der Waals surface area contributed by atoms with Crippen LogP contribution in [0.1, 0.15) is 45.9 Å². The molecule has 2 aromatic carbocycles. The third-order valence-electron chi connectivity index (χ3n) is 6.88. The number of aromatic amines is 1. The van der Waals surface area contributed by atoms with E-state index in [1.54, 1.807) is 13.1 Å². The molecule has 180 valence electrons. The minimum Gasteiger partial charge on any atom is -0.405 e. The zero-order chi connectivity index (χ0) is 24.5. The Balaban J connectivity index is 1.66. The standard InChI is InChI=1S/C27H34N2O4Si/c1-19-16-24(29-17-20(2)25(30)28-26(29)31)33-23(19)18-32-34(27(3,4)5,21-12-8-6-9-13-21)22-14-10-7-11-15-22/h6-15,17,19,23-24H,16,18H2,1-5H3,(H,28,30,31)/t19-,23+,24-/m0/s1. The van der Waals surface area contributed by atoms with Gasteiger partial charge in [-0.05, 0) is 34.7 Å². The fourth-order valence-electron chi connectivity index (χ4n) is 5.01. The first-order chi connectivity index (χ1) is 16.1. The topological polar surface area (TPSA) is 73.3 Å². The van der Waals surface area contributed by atoms with Crippen molar-refractivity contribution in [3.05, 3.63) is 93.3 Å². The maximum absolute atomic E-state index is 12.4. The van der Waals surface area contributed by atoms with Crippen molar-refractivity contribution < 1.29 is 9.16 Å². The largest absolute Gasteiger partial charge is 0.405 e. The number of nitrogens with one attached hydrogen (secondary N) is 1. The van der Waals surface area contributed by atoms with E-state index in [0.29, 0.717) is 18.6 Å². The van der Waals surface area contributed by atoms with Gasteiger partial charge >= 0.3 is 5.69 Å². The summed E-state index contributed by atoms with van der Waals surface area (Å²) in [4.78, 5) is 26.6. The van der Waals surface area contributed by atoms with Crippen LogP contribution < -0.4 is 21.6 Å². The predicted molar refractivity (Wildman–Crippen MR) is 137 cm³/mol. The highest BCUT2D eigenvalue weighted by molar-refractivity contribution is 6.99. The Morgan fingerprint density at radius 3 is 2.12 bits per heavy atom. The summed E-state index contributed by atoms with van der Waals surface area (Å²) < 4.78 is 14.9. The highest BCUT2D eigenvalue weighted by Crippen LogP contribution is 2.39. The minimum absolute atomic E-state index is 0.121. The Hall–Kier alpha value is -2.74. The molecular formula is C27H34N2O4Si. The molecule has 1 N–H and O–H groups in total. The fourth-order valence-corrected chi connectivity index (χ4v) is 9.58. The number of hydrogen-bond acceptors (Lipinski definition) is 4. The highest BCUT2D eigenvalue weighted by Gasteiger charge is 2.51. The molecule has 0 amide bonds. The van der Waals surface area contributed by atoms with Crippen molar-refractivity contribution in [1.82, 2.24) is 9.55 Å². The lowest BCUT2D eigenvalue weighted by atomic mass is 10.0. The van der Waals surface area contributed by atoms with Crippen LogP contribution in [0.25, 0.3) is 0 Å². The smallest absolute Gasteiger partial charge is 0.330 e. The van der Waals surface area contributed by atoms with Gasteiger partial charge in [0.05, 0.1) is 12.7 Å². The van der Waals surface area contributed by atoms with Crippen molar-refractivity contribution in [2.45, 2.75) is 58.4 Å². The van der Waals surface area contributed by atoms with Gasteiger partial charge in [0.2, 0.25) is 0 Å². The van der Waals surface area contributed by atoms with Crippen molar-refractivity contribution in [3.63, 3.8) is 0 Å². The van der Waals surface area contributed by atoms with E-state index >= 15 is 0 Å². The van der Waals surface area contributed by atoms with Crippen LogP contribution in [-0.4, -0.2) is 30.6 Å². The quantitative estimate of drug-likeness (QED) is 0.552. The van der Waals surface area contributed by atoms with E-state index in [0.717, 1.165) is 0 Å². The Labute approximate surface area is 201 Å². The number of benzene rings is 2. The molecule has 0 radical (unpaired) electrons. The molecule has 2 heterocycles. The van der Waals surface area contributed by atoms with E-state index < -0.39 is 20.2 Å². The van der Waals surface area contributed by atoms with Gasteiger partial charge in [-0.1, -0.05) is 88.4 Å². The number of hydrogen-bond donors (Lipinski definition) is 1. The molecule has 0 saturated carbocycles. The van der Waals surface area contributed by atoms with Gasteiger partial charge < -0.3 is 9.16 Å². The van der Waals surface area contributed by atoms with Gasteiger partial charge in [0.25, 0.3) is 13.9 Å². The van der Waals surface area contributed by atoms with Gasteiger partial charge in [-0.3, -0.25) is 14.3 Å². The Kier molecular flexibility index (Phi) is 6.80. The summed E-state index contributed by atoms with van der Waals surface area (Å²) >= 11 is 0. The summed E-state index contributed by atoms with van der Waals surface area (Å²) in [6.45, 7) is 11.0. The molecule has 1 fully saturated rings. The Morgan fingerprint density at radius 1 is 1.03 bits per heavy atom. The SMILES string of the molecule is Cc1cn([C@@H]2C[C@H](C)[C@@H](CO[Si](c3ccccc3)(c3ccccc3)C(C)(C)C)O2)c(=O)[nH]c1=O. The van der Waals surface area contributed by atoms with Gasteiger partial charge in [-0.15, -0.1) is 0 Å². The zero-order valence-electron chi connectivity index (χ0n) is 20.6. The van der Waals surface area contributed by atoms with Crippen molar-refractivity contribution in [2.24, 2.45) is 5.92 Å². The van der Waals surface area contributed by atoms with Gasteiger partial charge in [0, 0.05) is 11.8 Å². The molecule has 3 atom stereocenters. The zero-order valence-corrected chi connectivity index (χ0v) is 21.6. The molecule has 0 spiro atoms. The van der Waals surface area contributed by atoms with Crippen LogP contribution in [0.4, 0.5) is 0 Å². The predicted octanol–water partition coefficient (Wildman–Crippen LogP) is 3.35. The first-order valence-electron chi connectivity index (χ1n) is 11.9. The molecule has 1 aromatic heterocycles. The average molecular weight is 479 g/mol. The number of nitrogens with zero attached hydrogens (tertiary/aromatic N) is 1. The molecule has 1 aliphatic heterocycles. The normalized spacial score (nSPS) is 21.0. The van der Waals surface area contributed by atoms with Crippen LogP contribution in [0, 0.1) is 12.8 Å². The number of aryl methyl sites for hydroxylation is 1. The number of ether oxygens (including phenoxy) is 1. The Bertz CT molecular complexity index is 1190. The third-order valence-corrected chi connectivity index (χ3v) is 11.9. The van der Waals surface area contributed by atoms with Crippen molar-refractivity contribution in [2.75, 3.05) is 6.61 Å². The fraction of sp³-hybridized carbons (Fsp3) is 0.407. The lowest BCUT2D eigenvalue weighted by Gasteiger charge is -2.43. The molecule has 0 aliphatic carbocycles. The molecule has 1 aliphatic rings. The number of aromatic nitrogens is 2. The first kappa shape index (κ1) is 24.4. The van der Waals surface area contributed by atoms with Crippen LogP contribution in [0.5, 0.6) is 0 Å². The second kappa shape index (κ2) is 9.48. The number of H-pyrrole nitrogens is 1. The molecule has 1 saturated heterocycles. The first-order valence-corrected chi connectivity index (χ1v) is 13.8. The number of rotatable bonds is 6. The van der Waals surface area contributed by atoms with Gasteiger partial charge in [0.15, 0.2) is 0 Å². The monoisotopic (exact) mass is 478 g/mol. The van der Waals surface area contributed by atoms with E-state index in [1.807, 2.05) is 12.1 Å². The molecule has 7 heteroatoms. The summed E-state index contributed by atoms with van der Waals surface area (Å²) in [6.07, 6.45) is 1.68. The van der Waals surface area contributed by atoms with Crippen LogP contribution in [0.2, 0.25) is 5.04 Å². The van der Waals surface area contributed by atoms with E-state index in [4.69, 9.17) is 9.16 Å². The van der Waals surface area contributed by atoms with E-state index in [2.05, 4.69) is 81.2 Å². The lowest BCUT2D eigenvalue weighted by molar-refractivity contribution is -0.0281. The van der Waals surface area contributed by atoms with Gasteiger partial charge in [-0.2, -0.15) is 0 Å². The molecular weight excluding hydrogens is 444 g/mol. The van der Waals surface area contributed by atoms with Crippen LogP contribution in [0.15, 0.2) is 76.4 Å². The van der Waals surface area contributed by atoms with Crippen molar-refractivity contribution >= 4 is 18.7 Å². The summed E-state index contributed by atoms with van der Waals surface area (Å²) in [5, 5.41) is 2.33. The second-order valence-electron chi connectivity index (χ2n) is 10.3. The Morgan fingerprint density at radius 2 is 1.59 bits per heavy atom. The lowest BCUT2D eigenvalue weighted by Crippen LogP contribution is -2.67. The summed E-state index contributed by atoms with van der Waals surface area (Å²) in [7, 11) is -2.67. The van der Waals surface area contributed by atoms with Gasteiger partial charge in [0.1, 0.15) is 6.23 Å². The maximum Gasteiger partial charge on any atom is 0.330 e. The maximum atomic E-state index is 12.4. The highest BCUT2D eigenvalue weighted by atomic mass is 28.4.